The molecule has 3 unspecified atom stereocenters. The lowest BCUT2D eigenvalue weighted by Gasteiger charge is -2.34. The number of sulfonamides is 1. The number of carbonyl (C=O) groups excluding carboxylic acids is 1. The third-order valence-corrected chi connectivity index (χ3v) is 7.60. The zero-order valence-electron chi connectivity index (χ0n) is 17.8. The topological polar surface area (TPSA) is 93.7 Å². The number of carbonyl (C=O) groups is 1. The van der Waals surface area contributed by atoms with Crippen molar-refractivity contribution in [2.75, 3.05) is 17.9 Å². The van der Waals surface area contributed by atoms with Gasteiger partial charge in [-0.3, -0.25) is 9.52 Å². The van der Waals surface area contributed by atoms with Crippen molar-refractivity contribution in [1.82, 2.24) is 5.32 Å². The molecular weight excluding hydrogens is 416 g/mol. The summed E-state index contributed by atoms with van der Waals surface area (Å²) < 4.78 is 39.2. The first kappa shape index (κ1) is 21.5. The van der Waals surface area contributed by atoms with E-state index in [1.807, 2.05) is 0 Å². The average molecular weight is 445 g/mol. The first-order valence-electron chi connectivity index (χ1n) is 10.7. The third-order valence-electron chi connectivity index (χ3n) is 6.22. The molecule has 1 aliphatic heterocycles. The van der Waals surface area contributed by atoms with Gasteiger partial charge >= 0.3 is 0 Å². The van der Waals surface area contributed by atoms with Crippen LogP contribution in [0.4, 0.5) is 5.69 Å². The van der Waals surface area contributed by atoms with Gasteiger partial charge in [0.05, 0.1) is 4.90 Å². The van der Waals surface area contributed by atoms with Crippen LogP contribution in [0.5, 0.6) is 11.5 Å². The molecule has 0 aromatic heterocycles. The van der Waals surface area contributed by atoms with Gasteiger partial charge in [-0.15, -0.1) is 0 Å². The molecule has 0 radical (unpaired) electrons. The van der Waals surface area contributed by atoms with Gasteiger partial charge in [-0.05, 0) is 48.6 Å². The molecule has 166 valence electrons. The molecule has 2 aromatic carbocycles. The number of anilines is 1. The molecule has 8 heteroatoms. The fourth-order valence-electron chi connectivity index (χ4n) is 4.17. The van der Waals surface area contributed by atoms with Gasteiger partial charge in [-0.25, -0.2) is 8.42 Å². The molecule has 0 spiro atoms. The van der Waals surface area contributed by atoms with Crippen LogP contribution >= 0.6 is 0 Å². The minimum absolute atomic E-state index is 0.0663. The Morgan fingerprint density at radius 1 is 1.00 bits per heavy atom. The van der Waals surface area contributed by atoms with E-state index in [0.29, 0.717) is 47.8 Å². The molecule has 31 heavy (non-hydrogen) atoms. The molecule has 2 aromatic rings. The molecule has 1 aliphatic carbocycles. The maximum Gasteiger partial charge on any atom is 0.262 e. The zero-order valence-corrected chi connectivity index (χ0v) is 18.6. The SMILES string of the molecule is CC1CCCC(NC(=O)c2cccc(NS(=O)(=O)c3ccc4c(c3)OCCO4)c2)C1C. The predicted octanol–water partition coefficient (Wildman–Crippen LogP) is 3.81. The molecular formula is C23H28N2O5S. The Balaban J connectivity index is 1.48. The van der Waals surface area contributed by atoms with E-state index < -0.39 is 10.0 Å². The summed E-state index contributed by atoms with van der Waals surface area (Å²) in [5, 5.41) is 3.12. The van der Waals surface area contributed by atoms with E-state index in [1.54, 1.807) is 30.3 Å². The van der Waals surface area contributed by atoms with Gasteiger partial charge in [0.25, 0.3) is 15.9 Å². The first-order valence-corrected chi connectivity index (χ1v) is 12.2. The van der Waals surface area contributed by atoms with Crippen LogP contribution in [-0.2, 0) is 10.0 Å². The maximum atomic E-state index is 12.9. The number of rotatable bonds is 5. The number of fused-ring (bicyclic) bond motifs is 1. The van der Waals surface area contributed by atoms with Crippen LogP contribution in [0.15, 0.2) is 47.4 Å². The van der Waals surface area contributed by atoms with E-state index in [9.17, 15) is 13.2 Å². The largest absolute Gasteiger partial charge is 0.486 e. The summed E-state index contributed by atoms with van der Waals surface area (Å²) in [6, 6.07) is 11.2. The second-order valence-electron chi connectivity index (χ2n) is 8.34. The molecule has 0 bridgehead atoms. The van der Waals surface area contributed by atoms with Gasteiger partial charge in [0.2, 0.25) is 0 Å². The minimum Gasteiger partial charge on any atom is -0.486 e. The van der Waals surface area contributed by atoms with E-state index in [-0.39, 0.29) is 16.8 Å². The van der Waals surface area contributed by atoms with Crippen LogP contribution in [0, 0.1) is 11.8 Å². The maximum absolute atomic E-state index is 12.9. The Kier molecular flexibility index (Phi) is 6.09. The van der Waals surface area contributed by atoms with Gasteiger partial charge in [0.15, 0.2) is 11.5 Å². The van der Waals surface area contributed by atoms with Crippen molar-refractivity contribution in [2.24, 2.45) is 11.8 Å². The van der Waals surface area contributed by atoms with Crippen molar-refractivity contribution in [1.29, 1.82) is 0 Å². The van der Waals surface area contributed by atoms with Gasteiger partial charge in [0.1, 0.15) is 13.2 Å². The summed E-state index contributed by atoms with van der Waals surface area (Å²) >= 11 is 0. The Morgan fingerprint density at radius 2 is 1.77 bits per heavy atom. The normalized spacial score (nSPS) is 23.1. The first-order chi connectivity index (χ1) is 14.8. The molecule has 0 saturated heterocycles. The second-order valence-corrected chi connectivity index (χ2v) is 10.0. The minimum atomic E-state index is -3.85. The smallest absolute Gasteiger partial charge is 0.262 e. The van der Waals surface area contributed by atoms with Crippen molar-refractivity contribution in [3.63, 3.8) is 0 Å². The van der Waals surface area contributed by atoms with Crippen LogP contribution in [0.3, 0.4) is 0 Å². The Bertz CT molecular complexity index is 1070. The number of ether oxygens (including phenoxy) is 2. The van der Waals surface area contributed by atoms with Crippen molar-refractivity contribution >= 4 is 21.6 Å². The highest BCUT2D eigenvalue weighted by Crippen LogP contribution is 2.33. The van der Waals surface area contributed by atoms with Crippen molar-refractivity contribution in [3.8, 4) is 11.5 Å². The highest BCUT2D eigenvalue weighted by atomic mass is 32.2. The molecule has 2 N–H and O–H groups in total. The summed E-state index contributed by atoms with van der Waals surface area (Å²) in [5.74, 6) is 1.72. The average Bonchev–Trinajstić information content (AvgIpc) is 2.76. The van der Waals surface area contributed by atoms with Crippen molar-refractivity contribution in [3.05, 3.63) is 48.0 Å². The fraction of sp³-hybridized carbons (Fsp3) is 0.435. The summed E-state index contributed by atoms with van der Waals surface area (Å²) in [4.78, 5) is 12.9. The summed E-state index contributed by atoms with van der Waals surface area (Å²) in [6.45, 7) is 5.20. The highest BCUT2D eigenvalue weighted by molar-refractivity contribution is 7.92. The third kappa shape index (κ3) is 4.79. The van der Waals surface area contributed by atoms with Gasteiger partial charge in [0, 0.05) is 23.4 Å². The number of hydrogen-bond acceptors (Lipinski definition) is 5. The quantitative estimate of drug-likeness (QED) is 0.731. The number of hydrogen-bond donors (Lipinski definition) is 2. The van der Waals surface area contributed by atoms with Crippen LogP contribution in [0.1, 0.15) is 43.5 Å². The Hall–Kier alpha value is -2.74. The van der Waals surface area contributed by atoms with E-state index in [4.69, 9.17) is 9.47 Å². The monoisotopic (exact) mass is 444 g/mol. The van der Waals surface area contributed by atoms with E-state index >= 15 is 0 Å². The standard InChI is InChI=1S/C23H28N2O5S/c1-15-5-3-8-20(16(15)2)24-23(26)17-6-4-7-18(13-17)25-31(27,28)19-9-10-21-22(14-19)30-12-11-29-21/h4,6-7,9-10,13-16,20,25H,3,5,8,11-12H2,1-2H3,(H,24,26). The van der Waals surface area contributed by atoms with Crippen LogP contribution in [0.25, 0.3) is 0 Å². The number of nitrogens with one attached hydrogen (secondary N) is 2. The Morgan fingerprint density at radius 3 is 2.58 bits per heavy atom. The van der Waals surface area contributed by atoms with Crippen LogP contribution in [-0.4, -0.2) is 33.6 Å². The lowest BCUT2D eigenvalue weighted by molar-refractivity contribution is 0.0891. The van der Waals surface area contributed by atoms with Crippen LogP contribution in [0.2, 0.25) is 0 Å². The highest BCUT2D eigenvalue weighted by Gasteiger charge is 2.28. The predicted molar refractivity (Wildman–Crippen MR) is 118 cm³/mol. The Labute approximate surface area is 183 Å². The van der Waals surface area contributed by atoms with Gasteiger partial charge < -0.3 is 14.8 Å². The van der Waals surface area contributed by atoms with Crippen LogP contribution < -0.4 is 19.5 Å². The number of amides is 1. The lowest BCUT2D eigenvalue weighted by atomic mass is 9.78. The van der Waals surface area contributed by atoms with Gasteiger partial charge in [-0.1, -0.05) is 32.8 Å². The molecule has 1 saturated carbocycles. The van der Waals surface area contributed by atoms with Crippen molar-refractivity contribution < 1.29 is 22.7 Å². The zero-order chi connectivity index (χ0) is 22.0. The van der Waals surface area contributed by atoms with E-state index in [2.05, 4.69) is 23.9 Å². The molecule has 4 rings (SSSR count). The summed E-state index contributed by atoms with van der Waals surface area (Å²) in [5.41, 5.74) is 0.750. The second kappa shape index (κ2) is 8.78. The molecule has 7 nitrogen and oxygen atoms in total. The molecule has 1 heterocycles. The summed E-state index contributed by atoms with van der Waals surface area (Å²) in [6.07, 6.45) is 3.25. The molecule has 3 atom stereocenters. The molecule has 1 amide bonds. The van der Waals surface area contributed by atoms with E-state index in [1.165, 1.54) is 18.6 Å². The van der Waals surface area contributed by atoms with Crippen molar-refractivity contribution in [2.45, 2.75) is 44.0 Å². The number of benzene rings is 2. The molecule has 2 aliphatic rings. The van der Waals surface area contributed by atoms with Gasteiger partial charge in [-0.2, -0.15) is 0 Å². The summed E-state index contributed by atoms with van der Waals surface area (Å²) in [7, 11) is -3.85. The lowest BCUT2D eigenvalue weighted by Crippen LogP contribution is -2.43. The molecule has 1 fully saturated rings. The fourth-order valence-corrected chi connectivity index (χ4v) is 5.23. The van der Waals surface area contributed by atoms with E-state index in [0.717, 1.165) is 12.8 Å².